The van der Waals surface area contributed by atoms with Gasteiger partial charge in [0.25, 0.3) is 0 Å². The molecular formula is C8H19N2O2P. The van der Waals surface area contributed by atoms with E-state index in [4.69, 9.17) is 4.52 Å². The highest BCUT2D eigenvalue weighted by molar-refractivity contribution is 7.54. The highest BCUT2D eigenvalue weighted by Crippen LogP contribution is 2.48. The molecule has 4 nitrogen and oxygen atoms in total. The fourth-order valence-electron chi connectivity index (χ4n) is 1.50. The molecule has 0 aromatic rings. The highest BCUT2D eigenvalue weighted by atomic mass is 31.2. The van der Waals surface area contributed by atoms with E-state index in [1.165, 1.54) is 0 Å². The van der Waals surface area contributed by atoms with Gasteiger partial charge in [0.05, 0.1) is 6.61 Å². The van der Waals surface area contributed by atoms with Crippen LogP contribution in [0.15, 0.2) is 0 Å². The number of nitrogens with one attached hydrogen (secondary N) is 1. The first-order valence-corrected chi connectivity index (χ1v) is 6.56. The maximum absolute atomic E-state index is 12.1. The second kappa shape index (κ2) is 5.11. The van der Waals surface area contributed by atoms with Gasteiger partial charge in [0.2, 0.25) is 0 Å². The van der Waals surface area contributed by atoms with Gasteiger partial charge in [-0.05, 0) is 12.8 Å². The number of hydrogen-bond donors (Lipinski definition) is 1. The summed E-state index contributed by atoms with van der Waals surface area (Å²) in [5.74, 6) is 0. The first-order valence-electron chi connectivity index (χ1n) is 4.98. The molecule has 0 aromatic heterocycles. The van der Waals surface area contributed by atoms with Crippen molar-refractivity contribution < 1.29 is 9.09 Å². The molecule has 0 spiro atoms. The van der Waals surface area contributed by atoms with Gasteiger partial charge in [-0.25, -0.2) is 9.76 Å². The molecule has 5 heteroatoms. The second-order valence-electron chi connectivity index (χ2n) is 3.17. The van der Waals surface area contributed by atoms with Gasteiger partial charge in [-0.2, -0.15) is 0 Å². The Hall–Kier alpha value is 0.110. The van der Waals surface area contributed by atoms with Crippen LogP contribution in [0.1, 0.15) is 26.7 Å². The molecule has 0 radical (unpaired) electrons. The van der Waals surface area contributed by atoms with Gasteiger partial charge in [0, 0.05) is 19.6 Å². The zero-order valence-electron chi connectivity index (χ0n) is 8.45. The average Bonchev–Trinajstić information content (AvgIpc) is 2.10. The Morgan fingerprint density at radius 3 is 2.92 bits per heavy atom. The van der Waals surface area contributed by atoms with Crippen LogP contribution in [0.4, 0.5) is 0 Å². The molecule has 78 valence electrons. The fraction of sp³-hybridized carbons (Fsp3) is 1.00. The summed E-state index contributed by atoms with van der Waals surface area (Å²) in [6.07, 6.45) is 1.99. The van der Waals surface area contributed by atoms with Crippen molar-refractivity contribution in [3.63, 3.8) is 0 Å². The van der Waals surface area contributed by atoms with Crippen molar-refractivity contribution in [2.45, 2.75) is 26.7 Å². The van der Waals surface area contributed by atoms with Gasteiger partial charge in [-0.15, -0.1) is 0 Å². The summed E-state index contributed by atoms with van der Waals surface area (Å²) in [7, 11) is -2.66. The maximum atomic E-state index is 12.1. The molecule has 0 saturated carbocycles. The fourth-order valence-corrected chi connectivity index (χ4v) is 3.59. The van der Waals surface area contributed by atoms with E-state index in [0.717, 1.165) is 25.9 Å². The summed E-state index contributed by atoms with van der Waals surface area (Å²) >= 11 is 0. The van der Waals surface area contributed by atoms with E-state index in [1.54, 1.807) is 0 Å². The monoisotopic (exact) mass is 206 g/mol. The SMILES string of the molecule is CCCN1CCCOP1(=O)NCC. The minimum absolute atomic E-state index is 0.616. The third-order valence-electron chi connectivity index (χ3n) is 2.04. The lowest BCUT2D eigenvalue weighted by molar-refractivity contribution is 0.199. The molecule has 1 rings (SSSR count). The molecule has 1 aliphatic rings. The van der Waals surface area contributed by atoms with E-state index in [0.29, 0.717) is 13.2 Å². The normalized spacial score (nSPS) is 30.6. The Balaban J connectivity index is 2.59. The van der Waals surface area contributed by atoms with Crippen LogP contribution in [0, 0.1) is 0 Å². The standard InChI is InChI=1S/C8H19N2O2P/c1-3-6-10-7-5-8-12-13(10,11)9-4-2/h3-8H2,1-2H3,(H,9,11). The first kappa shape index (κ1) is 11.2. The van der Waals surface area contributed by atoms with Gasteiger partial charge in [-0.1, -0.05) is 13.8 Å². The molecule has 0 bridgehead atoms. The van der Waals surface area contributed by atoms with Gasteiger partial charge < -0.3 is 4.52 Å². The summed E-state index contributed by atoms with van der Waals surface area (Å²) in [4.78, 5) is 0. The molecule has 1 atom stereocenters. The van der Waals surface area contributed by atoms with Crippen LogP contribution in [0.2, 0.25) is 0 Å². The van der Waals surface area contributed by atoms with Crippen molar-refractivity contribution in [1.82, 2.24) is 9.76 Å². The van der Waals surface area contributed by atoms with E-state index < -0.39 is 7.67 Å². The zero-order valence-corrected chi connectivity index (χ0v) is 9.35. The van der Waals surface area contributed by atoms with Crippen molar-refractivity contribution in [3.8, 4) is 0 Å². The highest BCUT2D eigenvalue weighted by Gasteiger charge is 2.33. The molecule has 1 saturated heterocycles. The summed E-state index contributed by atoms with van der Waals surface area (Å²) in [5, 5.41) is 2.96. The number of nitrogens with zero attached hydrogens (tertiary/aromatic N) is 1. The third-order valence-corrected chi connectivity index (χ3v) is 4.43. The van der Waals surface area contributed by atoms with Crippen LogP contribution in [0.5, 0.6) is 0 Å². The molecule has 0 aliphatic carbocycles. The second-order valence-corrected chi connectivity index (χ2v) is 5.35. The van der Waals surface area contributed by atoms with Crippen LogP contribution >= 0.6 is 7.67 Å². The van der Waals surface area contributed by atoms with Crippen molar-refractivity contribution in [2.24, 2.45) is 0 Å². The lowest BCUT2D eigenvalue weighted by atomic mass is 10.4. The first-order chi connectivity index (χ1) is 6.23. The largest absolute Gasteiger partial charge is 0.343 e. The average molecular weight is 206 g/mol. The van der Waals surface area contributed by atoms with Gasteiger partial charge in [-0.3, -0.25) is 4.57 Å². The van der Waals surface area contributed by atoms with Crippen LogP contribution in [-0.4, -0.2) is 30.9 Å². The van der Waals surface area contributed by atoms with E-state index >= 15 is 0 Å². The number of hydrogen-bond acceptors (Lipinski definition) is 2. The Labute approximate surface area is 80.2 Å². The van der Waals surface area contributed by atoms with Gasteiger partial charge in [0.1, 0.15) is 0 Å². The lowest BCUT2D eigenvalue weighted by Crippen LogP contribution is -2.35. The predicted octanol–water partition coefficient (Wildman–Crippen LogP) is 1.84. The zero-order chi connectivity index (χ0) is 9.73. The van der Waals surface area contributed by atoms with Crippen molar-refractivity contribution in [3.05, 3.63) is 0 Å². The lowest BCUT2D eigenvalue weighted by Gasteiger charge is -2.34. The Kier molecular flexibility index (Phi) is 4.39. The quantitative estimate of drug-likeness (QED) is 0.712. The molecule has 1 fully saturated rings. The minimum atomic E-state index is -2.66. The molecule has 0 amide bonds. The van der Waals surface area contributed by atoms with Crippen LogP contribution in [-0.2, 0) is 9.09 Å². The Morgan fingerprint density at radius 1 is 1.54 bits per heavy atom. The van der Waals surface area contributed by atoms with E-state index in [-0.39, 0.29) is 0 Å². The smallest absolute Gasteiger partial charge is 0.306 e. The summed E-state index contributed by atoms with van der Waals surface area (Å²) < 4.78 is 19.4. The number of rotatable bonds is 4. The topological polar surface area (TPSA) is 41.6 Å². The minimum Gasteiger partial charge on any atom is -0.306 e. The van der Waals surface area contributed by atoms with Crippen molar-refractivity contribution in [1.29, 1.82) is 0 Å². The molecule has 0 aromatic carbocycles. The summed E-state index contributed by atoms with van der Waals surface area (Å²) in [6.45, 7) is 7.08. The van der Waals surface area contributed by atoms with E-state index in [9.17, 15) is 4.57 Å². The van der Waals surface area contributed by atoms with Crippen LogP contribution < -0.4 is 5.09 Å². The van der Waals surface area contributed by atoms with Crippen molar-refractivity contribution >= 4 is 7.67 Å². The molecule has 1 aliphatic heterocycles. The van der Waals surface area contributed by atoms with Gasteiger partial charge >= 0.3 is 7.67 Å². The van der Waals surface area contributed by atoms with E-state index in [2.05, 4.69) is 12.0 Å². The third kappa shape index (κ3) is 2.78. The Morgan fingerprint density at radius 2 is 2.31 bits per heavy atom. The Bertz CT molecular complexity index is 191. The molecule has 1 heterocycles. The van der Waals surface area contributed by atoms with E-state index in [1.807, 2.05) is 11.6 Å². The molecule has 1 unspecified atom stereocenters. The van der Waals surface area contributed by atoms with Crippen LogP contribution in [0.3, 0.4) is 0 Å². The molecule has 13 heavy (non-hydrogen) atoms. The molecule has 1 N–H and O–H groups in total. The summed E-state index contributed by atoms with van der Waals surface area (Å²) in [6, 6.07) is 0. The van der Waals surface area contributed by atoms with Crippen molar-refractivity contribution in [2.75, 3.05) is 26.2 Å². The summed E-state index contributed by atoms with van der Waals surface area (Å²) in [5.41, 5.74) is 0. The predicted molar refractivity (Wildman–Crippen MR) is 53.7 cm³/mol. The van der Waals surface area contributed by atoms with Gasteiger partial charge in [0.15, 0.2) is 0 Å². The maximum Gasteiger partial charge on any atom is 0.343 e. The molecular weight excluding hydrogens is 187 g/mol. The van der Waals surface area contributed by atoms with Crippen LogP contribution in [0.25, 0.3) is 0 Å².